The molecule has 0 unspecified atom stereocenters. The van der Waals surface area contributed by atoms with Crippen molar-refractivity contribution in [3.63, 3.8) is 0 Å². The van der Waals surface area contributed by atoms with Crippen LogP contribution >= 0.6 is 0 Å². The highest BCUT2D eigenvalue weighted by atomic mass is 16.5. The maximum atomic E-state index is 11.4. The summed E-state index contributed by atoms with van der Waals surface area (Å²) >= 11 is 0. The summed E-state index contributed by atoms with van der Waals surface area (Å²) in [5, 5.41) is 10.4. The summed E-state index contributed by atoms with van der Waals surface area (Å²) in [6.07, 6.45) is 4.51. The third kappa shape index (κ3) is 4.71. The molecule has 1 aromatic rings. The van der Waals surface area contributed by atoms with Crippen molar-refractivity contribution in [2.75, 3.05) is 33.4 Å². The Balaban J connectivity index is 1.47. The molecule has 0 bridgehead atoms. The molecule has 1 heterocycles. The van der Waals surface area contributed by atoms with Crippen LogP contribution < -0.4 is 4.74 Å². The largest absolute Gasteiger partial charge is 0.491 e. The summed E-state index contributed by atoms with van der Waals surface area (Å²) in [6, 6.07) is 7.16. The zero-order valence-electron chi connectivity index (χ0n) is 14.7. The minimum absolute atomic E-state index is 0.228. The molecular weight excluding hydrogens is 322 g/mol. The Morgan fingerprint density at radius 2 is 2.08 bits per heavy atom. The maximum absolute atomic E-state index is 11.4. The molecule has 1 aliphatic carbocycles. The lowest BCUT2D eigenvalue weighted by molar-refractivity contribution is -0.0992. The molecule has 0 radical (unpaired) electrons. The first-order chi connectivity index (χ1) is 12.2. The second-order valence-electron chi connectivity index (χ2n) is 6.74. The monoisotopic (exact) mass is 349 g/mol. The van der Waals surface area contributed by atoms with E-state index in [1.165, 1.54) is 20.0 Å². The summed E-state index contributed by atoms with van der Waals surface area (Å²) in [5.41, 5.74) is 0.479. The van der Waals surface area contributed by atoms with Crippen molar-refractivity contribution in [3.8, 4) is 5.75 Å². The highest BCUT2D eigenvalue weighted by Gasteiger charge is 2.34. The lowest BCUT2D eigenvalue weighted by Gasteiger charge is -2.44. The van der Waals surface area contributed by atoms with Crippen molar-refractivity contribution in [1.82, 2.24) is 4.90 Å². The number of hydrogen-bond acceptors (Lipinski definition) is 6. The fourth-order valence-electron chi connectivity index (χ4n) is 3.72. The molecule has 25 heavy (non-hydrogen) atoms. The van der Waals surface area contributed by atoms with Crippen molar-refractivity contribution in [3.05, 3.63) is 29.8 Å². The van der Waals surface area contributed by atoms with E-state index in [-0.39, 0.29) is 12.6 Å². The van der Waals surface area contributed by atoms with E-state index in [1.807, 2.05) is 0 Å². The third-order valence-corrected chi connectivity index (χ3v) is 5.01. The van der Waals surface area contributed by atoms with E-state index in [0.717, 1.165) is 26.0 Å². The van der Waals surface area contributed by atoms with Crippen molar-refractivity contribution in [2.45, 2.75) is 43.9 Å². The lowest BCUT2D eigenvalue weighted by atomic mass is 9.90. The van der Waals surface area contributed by atoms with Crippen molar-refractivity contribution >= 4 is 5.97 Å². The van der Waals surface area contributed by atoms with Gasteiger partial charge in [0, 0.05) is 19.1 Å². The van der Waals surface area contributed by atoms with E-state index in [9.17, 15) is 9.90 Å². The molecule has 1 saturated heterocycles. The molecule has 6 nitrogen and oxygen atoms in total. The number of fused-ring (bicyclic) bond motifs is 1. The molecule has 6 heteroatoms. The van der Waals surface area contributed by atoms with Crippen LogP contribution in [0.2, 0.25) is 0 Å². The average Bonchev–Trinajstić information content (AvgIpc) is 2.66. The summed E-state index contributed by atoms with van der Waals surface area (Å²) in [6.45, 7) is 2.44. The third-order valence-electron chi connectivity index (χ3n) is 5.01. The molecule has 138 valence electrons. The van der Waals surface area contributed by atoms with Gasteiger partial charge in [0.15, 0.2) is 0 Å². The summed E-state index contributed by atoms with van der Waals surface area (Å²) in [4.78, 5) is 13.8. The van der Waals surface area contributed by atoms with Gasteiger partial charge in [0.25, 0.3) is 0 Å². The lowest BCUT2D eigenvalue weighted by Crippen LogP contribution is -2.55. The van der Waals surface area contributed by atoms with Gasteiger partial charge >= 0.3 is 5.97 Å². The summed E-state index contributed by atoms with van der Waals surface area (Å²) in [7, 11) is 1.35. The number of hydrogen-bond donors (Lipinski definition) is 1. The Bertz CT molecular complexity index is 559. The SMILES string of the molecule is COC(=O)c1ccc(OC[C@H](O)CN2CCO[C@@H]3CCCC[C@@H]32)cc1. The van der Waals surface area contributed by atoms with E-state index < -0.39 is 6.10 Å². The molecular formula is C19H27NO5. The van der Waals surface area contributed by atoms with Crippen LogP contribution in [0, 0.1) is 0 Å². The minimum Gasteiger partial charge on any atom is -0.491 e. The van der Waals surface area contributed by atoms with E-state index in [1.54, 1.807) is 24.3 Å². The molecule has 1 aliphatic heterocycles. The van der Waals surface area contributed by atoms with Crippen molar-refractivity contribution in [1.29, 1.82) is 0 Å². The Hall–Kier alpha value is -1.63. The second-order valence-corrected chi connectivity index (χ2v) is 6.74. The van der Waals surface area contributed by atoms with Crippen LogP contribution in [0.25, 0.3) is 0 Å². The number of esters is 1. The fraction of sp³-hybridized carbons (Fsp3) is 0.632. The second kappa shape index (κ2) is 8.65. The normalized spacial score (nSPS) is 25.0. The smallest absolute Gasteiger partial charge is 0.337 e. The number of methoxy groups -OCH3 is 1. The topological polar surface area (TPSA) is 68.2 Å². The number of β-amino-alcohol motifs (C(OH)–C–C–N with tert-alkyl or cyclic N) is 1. The predicted molar refractivity (Wildman–Crippen MR) is 92.9 cm³/mol. The van der Waals surface area contributed by atoms with Gasteiger partial charge in [-0.3, -0.25) is 4.90 Å². The fourth-order valence-corrected chi connectivity index (χ4v) is 3.72. The average molecular weight is 349 g/mol. The van der Waals surface area contributed by atoms with Crippen LogP contribution in [0.4, 0.5) is 0 Å². The Morgan fingerprint density at radius 3 is 2.84 bits per heavy atom. The quantitative estimate of drug-likeness (QED) is 0.791. The number of nitrogens with zero attached hydrogens (tertiary/aromatic N) is 1. The van der Waals surface area contributed by atoms with Crippen LogP contribution in [0.1, 0.15) is 36.0 Å². The molecule has 2 fully saturated rings. The van der Waals surface area contributed by atoms with Crippen LogP contribution in [0.15, 0.2) is 24.3 Å². The number of rotatable bonds is 6. The number of aliphatic hydroxyl groups is 1. The van der Waals surface area contributed by atoms with Gasteiger partial charge in [-0.1, -0.05) is 12.8 Å². The van der Waals surface area contributed by atoms with Crippen LogP contribution in [-0.2, 0) is 9.47 Å². The van der Waals surface area contributed by atoms with Gasteiger partial charge in [-0.2, -0.15) is 0 Å². The number of benzene rings is 1. The number of carbonyl (C=O) groups excluding carboxylic acids is 1. The van der Waals surface area contributed by atoms with E-state index in [4.69, 9.17) is 9.47 Å². The Morgan fingerprint density at radius 1 is 1.32 bits per heavy atom. The molecule has 0 amide bonds. The van der Waals surface area contributed by atoms with Gasteiger partial charge in [0.1, 0.15) is 18.5 Å². The van der Waals surface area contributed by atoms with Crippen LogP contribution in [0.5, 0.6) is 5.75 Å². The Kier molecular flexibility index (Phi) is 6.29. The standard InChI is InChI=1S/C19H27NO5/c1-23-19(22)14-6-8-16(9-7-14)25-13-15(21)12-20-10-11-24-18-5-3-2-4-17(18)20/h6-9,15,17-18,21H,2-5,10-13H2,1H3/t15-,17+,18-/m1/s1. The number of morpholine rings is 1. The number of aliphatic hydroxyl groups excluding tert-OH is 1. The molecule has 3 atom stereocenters. The van der Waals surface area contributed by atoms with Crippen LogP contribution in [0.3, 0.4) is 0 Å². The maximum Gasteiger partial charge on any atom is 0.337 e. The molecule has 2 aliphatic rings. The molecule has 0 aromatic heterocycles. The predicted octanol–water partition coefficient (Wildman–Crippen LogP) is 1.86. The van der Waals surface area contributed by atoms with Gasteiger partial charge < -0.3 is 19.3 Å². The zero-order chi connectivity index (χ0) is 17.6. The van der Waals surface area contributed by atoms with Crippen LogP contribution in [-0.4, -0.2) is 67.6 Å². The number of carbonyl (C=O) groups is 1. The van der Waals surface area contributed by atoms with Gasteiger partial charge in [-0.15, -0.1) is 0 Å². The minimum atomic E-state index is -0.555. The first-order valence-corrected chi connectivity index (χ1v) is 9.02. The molecule has 0 spiro atoms. The van der Waals surface area contributed by atoms with E-state index in [0.29, 0.717) is 30.0 Å². The van der Waals surface area contributed by atoms with Gasteiger partial charge in [0.2, 0.25) is 0 Å². The highest BCUT2D eigenvalue weighted by molar-refractivity contribution is 5.89. The molecule has 1 aromatic carbocycles. The number of ether oxygens (including phenoxy) is 3. The van der Waals surface area contributed by atoms with Crippen molar-refractivity contribution < 1.29 is 24.1 Å². The summed E-state index contributed by atoms with van der Waals surface area (Å²) in [5.74, 6) is 0.255. The first kappa shape index (κ1) is 18.2. The molecule has 1 N–H and O–H groups in total. The first-order valence-electron chi connectivity index (χ1n) is 9.02. The van der Waals surface area contributed by atoms with Crippen molar-refractivity contribution in [2.24, 2.45) is 0 Å². The zero-order valence-corrected chi connectivity index (χ0v) is 14.7. The molecule has 3 rings (SSSR count). The summed E-state index contributed by atoms with van der Waals surface area (Å²) < 4.78 is 16.2. The van der Waals surface area contributed by atoms with Gasteiger partial charge in [-0.25, -0.2) is 4.79 Å². The van der Waals surface area contributed by atoms with Gasteiger partial charge in [-0.05, 0) is 37.1 Å². The van der Waals surface area contributed by atoms with E-state index in [2.05, 4.69) is 9.64 Å². The highest BCUT2D eigenvalue weighted by Crippen LogP contribution is 2.28. The van der Waals surface area contributed by atoms with E-state index >= 15 is 0 Å². The van der Waals surface area contributed by atoms with Gasteiger partial charge in [0.05, 0.1) is 25.4 Å². The Labute approximate surface area is 148 Å². The molecule has 1 saturated carbocycles.